The number of hydrogen-bond donors (Lipinski definition) is 0. The number of esters is 1. The molecule has 4 nitrogen and oxygen atoms in total. The summed E-state index contributed by atoms with van der Waals surface area (Å²) in [6.45, 7) is 9.42. The van der Waals surface area contributed by atoms with Gasteiger partial charge in [-0.3, -0.25) is 0 Å². The zero-order valence-corrected chi connectivity index (χ0v) is 14.0. The van der Waals surface area contributed by atoms with Crippen molar-refractivity contribution in [2.24, 2.45) is 0 Å². The van der Waals surface area contributed by atoms with Crippen molar-refractivity contribution in [3.63, 3.8) is 0 Å². The highest BCUT2D eigenvalue weighted by Gasteiger charge is 2.21. The van der Waals surface area contributed by atoms with Crippen molar-refractivity contribution in [2.75, 3.05) is 13.2 Å². The molecule has 0 aromatic heterocycles. The van der Waals surface area contributed by atoms with Crippen molar-refractivity contribution in [3.8, 4) is 0 Å². The lowest BCUT2D eigenvalue weighted by atomic mass is 10.0. The Kier molecular flexibility index (Phi) is 5.98. The van der Waals surface area contributed by atoms with Gasteiger partial charge >= 0.3 is 5.97 Å². The summed E-state index contributed by atoms with van der Waals surface area (Å²) in [6, 6.07) is 4.21. The lowest BCUT2D eigenvalue weighted by Crippen LogP contribution is -2.27. The summed E-state index contributed by atoms with van der Waals surface area (Å²) in [5.74, 6) is -0.322. The van der Waals surface area contributed by atoms with Crippen LogP contribution < -0.4 is 0 Å². The van der Waals surface area contributed by atoms with E-state index in [0.29, 0.717) is 13.2 Å². The molecule has 0 aliphatic carbocycles. The molecule has 0 bridgehead atoms. The molecule has 22 heavy (non-hydrogen) atoms. The average Bonchev–Trinajstić information content (AvgIpc) is 2.96. The van der Waals surface area contributed by atoms with Crippen LogP contribution in [0.4, 0.5) is 0 Å². The summed E-state index contributed by atoms with van der Waals surface area (Å²) in [5.41, 5.74) is 4.60. The number of benzene rings is 1. The predicted molar refractivity (Wildman–Crippen MR) is 84.8 cm³/mol. The zero-order chi connectivity index (χ0) is 16.1. The van der Waals surface area contributed by atoms with E-state index in [1.165, 1.54) is 5.56 Å². The van der Waals surface area contributed by atoms with Crippen LogP contribution in [-0.4, -0.2) is 31.4 Å². The van der Waals surface area contributed by atoms with Gasteiger partial charge in [-0.15, -0.1) is 0 Å². The predicted octanol–water partition coefficient (Wildman–Crippen LogP) is 3.24. The fraction of sp³-hybridized carbons (Fsp3) is 0.611. The first-order valence-electron chi connectivity index (χ1n) is 7.94. The molecule has 122 valence electrons. The number of aryl methyl sites for hydroxylation is 3. The summed E-state index contributed by atoms with van der Waals surface area (Å²) in [4.78, 5) is 12.0. The molecule has 0 amide bonds. The van der Waals surface area contributed by atoms with Crippen molar-refractivity contribution in [2.45, 2.75) is 59.4 Å². The number of ether oxygens (including phenoxy) is 3. The molecule has 2 atom stereocenters. The summed E-state index contributed by atoms with van der Waals surface area (Å²) in [5, 5.41) is 0. The van der Waals surface area contributed by atoms with Gasteiger partial charge in [0.1, 0.15) is 6.61 Å². The Balaban J connectivity index is 1.81. The Morgan fingerprint density at radius 1 is 1.32 bits per heavy atom. The highest BCUT2D eigenvalue weighted by Crippen LogP contribution is 2.18. The van der Waals surface area contributed by atoms with Crippen LogP contribution >= 0.6 is 0 Å². The fourth-order valence-corrected chi connectivity index (χ4v) is 2.79. The first-order chi connectivity index (χ1) is 10.5. The van der Waals surface area contributed by atoms with Crippen LogP contribution in [0.15, 0.2) is 12.1 Å². The maximum atomic E-state index is 12.0. The molecule has 0 saturated carbocycles. The first-order valence-corrected chi connectivity index (χ1v) is 7.94. The second-order valence-electron chi connectivity index (χ2n) is 6.10. The summed E-state index contributed by atoms with van der Waals surface area (Å²) >= 11 is 0. The van der Waals surface area contributed by atoms with Crippen LogP contribution in [0.25, 0.3) is 0 Å². The molecular formula is C18H26O4. The first kappa shape index (κ1) is 17.0. The quantitative estimate of drug-likeness (QED) is 0.757. The van der Waals surface area contributed by atoms with E-state index in [-0.39, 0.29) is 12.1 Å². The minimum Gasteiger partial charge on any atom is -0.459 e. The van der Waals surface area contributed by atoms with Crippen LogP contribution in [0.5, 0.6) is 0 Å². The van der Waals surface area contributed by atoms with Gasteiger partial charge in [-0.05, 0) is 57.2 Å². The van der Waals surface area contributed by atoms with E-state index in [1.807, 2.05) is 13.8 Å². The van der Waals surface area contributed by atoms with E-state index in [1.54, 1.807) is 6.92 Å². The van der Waals surface area contributed by atoms with E-state index >= 15 is 0 Å². The Morgan fingerprint density at radius 3 is 2.59 bits per heavy atom. The van der Waals surface area contributed by atoms with E-state index in [4.69, 9.17) is 14.2 Å². The lowest BCUT2D eigenvalue weighted by molar-refractivity contribution is -0.159. The number of rotatable bonds is 6. The zero-order valence-electron chi connectivity index (χ0n) is 14.0. The van der Waals surface area contributed by atoms with E-state index in [0.717, 1.165) is 36.1 Å². The van der Waals surface area contributed by atoms with Gasteiger partial charge in [0.25, 0.3) is 0 Å². The van der Waals surface area contributed by atoms with Crippen molar-refractivity contribution in [3.05, 3.63) is 34.4 Å². The normalized spacial score (nSPS) is 19.2. The van der Waals surface area contributed by atoms with Gasteiger partial charge in [0, 0.05) is 6.61 Å². The Bertz CT molecular complexity index is 495. The van der Waals surface area contributed by atoms with Crippen molar-refractivity contribution in [1.29, 1.82) is 0 Å². The van der Waals surface area contributed by atoms with Crippen LogP contribution in [0, 0.1) is 20.8 Å². The van der Waals surface area contributed by atoms with Crippen LogP contribution in [-0.2, 0) is 25.6 Å². The lowest BCUT2D eigenvalue weighted by Gasteiger charge is -2.17. The van der Waals surface area contributed by atoms with E-state index in [2.05, 4.69) is 19.1 Å². The van der Waals surface area contributed by atoms with Gasteiger partial charge in [0.15, 0.2) is 6.10 Å². The van der Waals surface area contributed by atoms with Gasteiger partial charge in [-0.1, -0.05) is 17.7 Å². The third-order valence-electron chi connectivity index (χ3n) is 4.09. The molecular weight excluding hydrogens is 280 g/mol. The molecule has 0 radical (unpaired) electrons. The molecule has 1 fully saturated rings. The van der Waals surface area contributed by atoms with Crippen LogP contribution in [0.2, 0.25) is 0 Å². The molecule has 1 aliphatic rings. The van der Waals surface area contributed by atoms with Crippen molar-refractivity contribution >= 4 is 5.97 Å². The topological polar surface area (TPSA) is 44.8 Å². The molecule has 1 aliphatic heterocycles. The number of carbonyl (C=O) groups is 1. The van der Waals surface area contributed by atoms with Gasteiger partial charge in [0.2, 0.25) is 0 Å². The van der Waals surface area contributed by atoms with E-state index < -0.39 is 6.10 Å². The highest BCUT2D eigenvalue weighted by atomic mass is 16.6. The molecule has 1 aromatic carbocycles. The minimum absolute atomic E-state index is 0.122. The van der Waals surface area contributed by atoms with Crippen molar-refractivity contribution in [1.82, 2.24) is 0 Å². The second-order valence-corrected chi connectivity index (χ2v) is 6.10. The minimum atomic E-state index is -0.560. The van der Waals surface area contributed by atoms with Gasteiger partial charge in [-0.2, -0.15) is 0 Å². The van der Waals surface area contributed by atoms with Crippen molar-refractivity contribution < 1.29 is 19.0 Å². The second kappa shape index (κ2) is 7.75. The van der Waals surface area contributed by atoms with Crippen LogP contribution in [0.1, 0.15) is 42.0 Å². The SMILES string of the molecule is Cc1cc(C)c(COC(=O)C(C)OCC2CCCO2)c(C)c1. The van der Waals surface area contributed by atoms with E-state index in [9.17, 15) is 4.79 Å². The summed E-state index contributed by atoms with van der Waals surface area (Å²) in [7, 11) is 0. The maximum Gasteiger partial charge on any atom is 0.335 e. The smallest absolute Gasteiger partial charge is 0.335 e. The van der Waals surface area contributed by atoms with Gasteiger partial charge in [-0.25, -0.2) is 4.79 Å². The third-order valence-corrected chi connectivity index (χ3v) is 4.09. The molecule has 2 rings (SSSR count). The average molecular weight is 306 g/mol. The molecule has 1 aromatic rings. The number of hydrogen-bond acceptors (Lipinski definition) is 4. The number of carbonyl (C=O) groups excluding carboxylic acids is 1. The molecule has 4 heteroatoms. The standard InChI is InChI=1S/C18H26O4/c1-12-8-13(2)17(14(3)9-12)11-22-18(19)15(4)21-10-16-6-5-7-20-16/h8-9,15-16H,5-7,10-11H2,1-4H3. The molecule has 2 unspecified atom stereocenters. The molecule has 0 N–H and O–H groups in total. The van der Waals surface area contributed by atoms with Gasteiger partial charge in [0.05, 0.1) is 12.7 Å². The Morgan fingerprint density at radius 2 is 2.00 bits per heavy atom. The Hall–Kier alpha value is -1.39. The fourth-order valence-electron chi connectivity index (χ4n) is 2.79. The summed E-state index contributed by atoms with van der Waals surface area (Å²) in [6.07, 6.45) is 1.63. The Labute approximate surface area is 132 Å². The largest absolute Gasteiger partial charge is 0.459 e. The highest BCUT2D eigenvalue weighted by molar-refractivity contribution is 5.74. The van der Waals surface area contributed by atoms with Crippen LogP contribution in [0.3, 0.4) is 0 Å². The monoisotopic (exact) mass is 306 g/mol. The molecule has 1 saturated heterocycles. The summed E-state index contributed by atoms with van der Waals surface area (Å²) < 4.78 is 16.4. The molecule has 1 heterocycles. The molecule has 0 spiro atoms. The maximum absolute atomic E-state index is 12.0. The van der Waals surface area contributed by atoms with Gasteiger partial charge < -0.3 is 14.2 Å². The third kappa shape index (κ3) is 4.55.